The van der Waals surface area contributed by atoms with Crippen LogP contribution in [0.1, 0.15) is 22.0 Å². The lowest BCUT2D eigenvalue weighted by Gasteiger charge is -2.33. The highest BCUT2D eigenvalue weighted by atomic mass is 35.5. The number of amides is 1. The van der Waals surface area contributed by atoms with Crippen LogP contribution < -0.4 is 0 Å². The van der Waals surface area contributed by atoms with Gasteiger partial charge in [-0.05, 0) is 12.1 Å². The second-order valence-electron chi connectivity index (χ2n) is 5.55. The van der Waals surface area contributed by atoms with Crippen molar-refractivity contribution in [1.29, 1.82) is 0 Å². The third-order valence-corrected chi connectivity index (χ3v) is 4.33. The molecule has 0 aliphatic carbocycles. The summed E-state index contributed by atoms with van der Waals surface area (Å²) in [7, 11) is 0. The third-order valence-electron chi connectivity index (χ3n) is 4.00. The number of hydrogen-bond acceptors (Lipinski definition) is 4. The molecule has 1 fully saturated rings. The van der Waals surface area contributed by atoms with E-state index in [0.717, 1.165) is 6.07 Å². The Hall–Kier alpha value is -2.51. The summed E-state index contributed by atoms with van der Waals surface area (Å²) in [6, 6.07) is 9.92. The molecule has 1 saturated heterocycles. The van der Waals surface area contributed by atoms with E-state index >= 15 is 0 Å². The molecular weight excluding hydrogens is 351 g/mol. The third kappa shape index (κ3) is 3.62. The van der Waals surface area contributed by atoms with Gasteiger partial charge in [-0.3, -0.25) is 14.9 Å². The molecule has 25 heavy (non-hydrogen) atoms. The van der Waals surface area contributed by atoms with Gasteiger partial charge in [0.1, 0.15) is 11.9 Å². The second kappa shape index (κ2) is 7.16. The first-order valence-corrected chi connectivity index (χ1v) is 7.94. The zero-order valence-electron chi connectivity index (χ0n) is 13.0. The molecule has 0 N–H and O–H groups in total. The average Bonchev–Trinajstić information content (AvgIpc) is 2.62. The molecule has 1 aliphatic heterocycles. The molecule has 2 aromatic rings. The SMILES string of the molecule is O=C(c1cc([N+](=O)[O-])ccc1Cl)N1CCOC(c2ccccc2F)C1. The van der Waals surface area contributed by atoms with Crippen molar-refractivity contribution in [2.75, 3.05) is 19.7 Å². The van der Waals surface area contributed by atoms with Crippen LogP contribution in [0.25, 0.3) is 0 Å². The van der Waals surface area contributed by atoms with Crippen molar-refractivity contribution >= 4 is 23.2 Å². The van der Waals surface area contributed by atoms with Crippen molar-refractivity contribution in [3.8, 4) is 0 Å². The maximum Gasteiger partial charge on any atom is 0.270 e. The molecule has 2 aromatic carbocycles. The zero-order valence-corrected chi connectivity index (χ0v) is 13.8. The van der Waals surface area contributed by atoms with Crippen LogP contribution in [0.5, 0.6) is 0 Å². The number of halogens is 2. The Morgan fingerprint density at radius 2 is 2.08 bits per heavy atom. The lowest BCUT2D eigenvalue weighted by Crippen LogP contribution is -2.42. The second-order valence-corrected chi connectivity index (χ2v) is 5.96. The summed E-state index contributed by atoms with van der Waals surface area (Å²) in [5.74, 6) is -0.853. The molecular formula is C17H14ClFN2O4. The van der Waals surface area contributed by atoms with E-state index in [1.807, 2.05) is 0 Å². The molecule has 3 rings (SSSR count). The molecule has 130 valence electrons. The Labute approximate surface area is 147 Å². The number of rotatable bonds is 3. The molecule has 1 atom stereocenters. The molecule has 0 bridgehead atoms. The minimum Gasteiger partial charge on any atom is -0.370 e. The average molecular weight is 365 g/mol. The number of nitro groups is 1. The molecule has 0 saturated carbocycles. The Kier molecular flexibility index (Phi) is 4.96. The van der Waals surface area contributed by atoms with Gasteiger partial charge in [0, 0.05) is 24.2 Å². The highest BCUT2D eigenvalue weighted by Gasteiger charge is 2.29. The molecule has 1 heterocycles. The molecule has 1 unspecified atom stereocenters. The summed E-state index contributed by atoms with van der Waals surface area (Å²) in [5.41, 5.74) is 0.196. The fraction of sp³-hybridized carbons (Fsp3) is 0.235. The van der Waals surface area contributed by atoms with Gasteiger partial charge in [0.2, 0.25) is 0 Å². The molecule has 0 aromatic heterocycles. The lowest BCUT2D eigenvalue weighted by molar-refractivity contribution is -0.384. The normalized spacial score (nSPS) is 17.4. The van der Waals surface area contributed by atoms with E-state index in [0.29, 0.717) is 12.1 Å². The number of carbonyl (C=O) groups excluding carboxylic acids is 1. The van der Waals surface area contributed by atoms with Crippen LogP contribution in [-0.4, -0.2) is 35.4 Å². The first-order valence-electron chi connectivity index (χ1n) is 7.56. The Morgan fingerprint density at radius 3 is 2.80 bits per heavy atom. The Balaban J connectivity index is 1.84. The topological polar surface area (TPSA) is 72.7 Å². The van der Waals surface area contributed by atoms with Gasteiger partial charge in [-0.1, -0.05) is 29.8 Å². The smallest absolute Gasteiger partial charge is 0.270 e. The highest BCUT2D eigenvalue weighted by Crippen LogP contribution is 2.28. The fourth-order valence-corrected chi connectivity index (χ4v) is 2.92. The minimum absolute atomic E-state index is 0.0463. The summed E-state index contributed by atoms with van der Waals surface area (Å²) in [6.45, 7) is 0.666. The van der Waals surface area contributed by atoms with E-state index in [2.05, 4.69) is 0 Å². The molecule has 1 amide bonds. The number of nitro benzene ring substituents is 1. The number of carbonyl (C=O) groups is 1. The Morgan fingerprint density at radius 1 is 1.32 bits per heavy atom. The van der Waals surface area contributed by atoms with E-state index in [1.54, 1.807) is 18.2 Å². The quantitative estimate of drug-likeness (QED) is 0.616. The summed E-state index contributed by atoms with van der Waals surface area (Å²) in [4.78, 5) is 24.5. The monoisotopic (exact) mass is 364 g/mol. The number of hydrogen-bond donors (Lipinski definition) is 0. The summed E-state index contributed by atoms with van der Waals surface area (Å²) < 4.78 is 19.5. The minimum atomic E-state index is -0.601. The molecule has 0 spiro atoms. The molecule has 0 radical (unpaired) electrons. The predicted molar refractivity (Wildman–Crippen MR) is 89.1 cm³/mol. The molecule has 6 nitrogen and oxygen atoms in total. The largest absolute Gasteiger partial charge is 0.370 e. The van der Waals surface area contributed by atoms with Gasteiger partial charge in [-0.2, -0.15) is 0 Å². The van der Waals surface area contributed by atoms with Gasteiger partial charge in [0.05, 0.1) is 28.7 Å². The predicted octanol–water partition coefficient (Wildman–Crippen LogP) is 3.60. The number of morpholine rings is 1. The van der Waals surface area contributed by atoms with Gasteiger partial charge in [0.25, 0.3) is 11.6 Å². The number of non-ortho nitro benzene ring substituents is 1. The fourth-order valence-electron chi connectivity index (χ4n) is 2.72. The van der Waals surface area contributed by atoms with Crippen molar-refractivity contribution in [3.05, 3.63) is 74.5 Å². The number of nitrogens with zero attached hydrogens (tertiary/aromatic N) is 2. The van der Waals surface area contributed by atoms with Crippen molar-refractivity contribution in [1.82, 2.24) is 4.90 Å². The van der Waals surface area contributed by atoms with Crippen molar-refractivity contribution in [2.24, 2.45) is 0 Å². The van der Waals surface area contributed by atoms with E-state index < -0.39 is 22.8 Å². The van der Waals surface area contributed by atoms with Crippen LogP contribution in [0.15, 0.2) is 42.5 Å². The van der Waals surface area contributed by atoms with Crippen molar-refractivity contribution in [2.45, 2.75) is 6.10 Å². The first kappa shape index (κ1) is 17.3. The van der Waals surface area contributed by atoms with Gasteiger partial charge in [0.15, 0.2) is 0 Å². The van der Waals surface area contributed by atoms with Gasteiger partial charge in [-0.25, -0.2) is 4.39 Å². The summed E-state index contributed by atoms with van der Waals surface area (Å²) in [5, 5.41) is 11.0. The highest BCUT2D eigenvalue weighted by molar-refractivity contribution is 6.33. The zero-order chi connectivity index (χ0) is 18.0. The summed E-state index contributed by atoms with van der Waals surface area (Å²) >= 11 is 6.03. The van der Waals surface area contributed by atoms with Crippen molar-refractivity contribution < 1.29 is 18.8 Å². The standard InChI is InChI=1S/C17H14ClFN2O4/c18-14-6-5-11(21(23)24)9-13(14)17(22)20-7-8-25-16(10-20)12-3-1-2-4-15(12)19/h1-6,9,16H,7-8,10H2. The van der Waals surface area contributed by atoms with Crippen LogP contribution in [0.4, 0.5) is 10.1 Å². The van der Waals surface area contributed by atoms with Crippen LogP contribution >= 0.6 is 11.6 Å². The van der Waals surface area contributed by atoms with E-state index in [-0.39, 0.29) is 29.4 Å². The van der Waals surface area contributed by atoms with Crippen LogP contribution in [-0.2, 0) is 4.74 Å². The Bertz CT molecular complexity index is 830. The van der Waals surface area contributed by atoms with Gasteiger partial charge >= 0.3 is 0 Å². The van der Waals surface area contributed by atoms with Gasteiger partial charge in [-0.15, -0.1) is 0 Å². The number of ether oxygens (including phenoxy) is 1. The first-order chi connectivity index (χ1) is 12.0. The van der Waals surface area contributed by atoms with Crippen LogP contribution in [0.3, 0.4) is 0 Å². The maximum absolute atomic E-state index is 14.0. The van der Waals surface area contributed by atoms with E-state index in [9.17, 15) is 19.3 Å². The maximum atomic E-state index is 14.0. The van der Waals surface area contributed by atoms with Crippen LogP contribution in [0.2, 0.25) is 5.02 Å². The van der Waals surface area contributed by atoms with E-state index in [4.69, 9.17) is 16.3 Å². The van der Waals surface area contributed by atoms with Crippen molar-refractivity contribution in [3.63, 3.8) is 0 Å². The lowest BCUT2D eigenvalue weighted by atomic mass is 10.1. The van der Waals surface area contributed by atoms with Crippen LogP contribution in [0, 0.1) is 15.9 Å². The molecule has 1 aliphatic rings. The van der Waals surface area contributed by atoms with E-state index in [1.165, 1.54) is 23.1 Å². The number of benzene rings is 2. The molecule has 8 heteroatoms. The summed E-state index contributed by atoms with van der Waals surface area (Å²) in [6.07, 6.45) is -0.601. The van der Waals surface area contributed by atoms with Gasteiger partial charge < -0.3 is 9.64 Å².